The number of furan rings is 1. The van der Waals surface area contributed by atoms with Crippen LogP contribution in [0.3, 0.4) is 0 Å². The average Bonchev–Trinajstić information content (AvgIpc) is 3.03. The van der Waals surface area contributed by atoms with Gasteiger partial charge >= 0.3 is 0 Å². The van der Waals surface area contributed by atoms with Gasteiger partial charge in [-0.3, -0.25) is 0 Å². The van der Waals surface area contributed by atoms with Crippen molar-refractivity contribution in [3.05, 3.63) is 24.2 Å². The van der Waals surface area contributed by atoms with Gasteiger partial charge in [-0.15, -0.1) is 0 Å². The Balaban J connectivity index is 1.60. The molecule has 1 aliphatic rings. The smallest absolute Gasteiger partial charge is 0.113 e. The van der Waals surface area contributed by atoms with Crippen LogP contribution in [0.2, 0.25) is 0 Å². The van der Waals surface area contributed by atoms with Crippen LogP contribution in [0.4, 0.5) is 0 Å². The van der Waals surface area contributed by atoms with E-state index in [9.17, 15) is 0 Å². The van der Waals surface area contributed by atoms with Gasteiger partial charge in [-0.1, -0.05) is 13.3 Å². The molecule has 2 rings (SSSR count). The first-order chi connectivity index (χ1) is 8.90. The fraction of sp³-hybridized carbons (Fsp3) is 0.733. The summed E-state index contributed by atoms with van der Waals surface area (Å²) < 4.78 is 5.35. The quantitative estimate of drug-likeness (QED) is 0.719. The lowest BCUT2D eigenvalue weighted by molar-refractivity contribution is 0.393. The summed E-state index contributed by atoms with van der Waals surface area (Å²) in [5.74, 6) is 4.29. The molecule has 2 atom stereocenters. The van der Waals surface area contributed by atoms with Gasteiger partial charge in [-0.25, -0.2) is 0 Å². The third kappa shape index (κ3) is 4.36. The van der Waals surface area contributed by atoms with E-state index in [2.05, 4.69) is 18.3 Å². The van der Waals surface area contributed by atoms with E-state index in [1.165, 1.54) is 44.4 Å². The molecule has 0 radical (unpaired) electrons. The van der Waals surface area contributed by atoms with Gasteiger partial charge in [0.1, 0.15) is 5.76 Å². The summed E-state index contributed by atoms with van der Waals surface area (Å²) in [6.45, 7) is 3.43. The molecular formula is C15H25NOS. The van der Waals surface area contributed by atoms with Gasteiger partial charge in [-0.2, -0.15) is 11.8 Å². The second kappa shape index (κ2) is 7.90. The first-order valence-corrected chi connectivity index (χ1v) is 8.39. The zero-order valence-corrected chi connectivity index (χ0v) is 12.2. The van der Waals surface area contributed by atoms with Crippen molar-refractivity contribution >= 4 is 11.8 Å². The molecule has 0 amide bonds. The predicted molar refractivity (Wildman–Crippen MR) is 78.9 cm³/mol. The highest BCUT2D eigenvalue weighted by atomic mass is 32.2. The number of rotatable bonds is 8. The van der Waals surface area contributed by atoms with Crippen molar-refractivity contribution in [2.75, 3.05) is 12.3 Å². The molecule has 1 fully saturated rings. The monoisotopic (exact) mass is 267 g/mol. The van der Waals surface area contributed by atoms with Crippen molar-refractivity contribution in [3.63, 3.8) is 0 Å². The normalized spacial score (nSPS) is 23.6. The van der Waals surface area contributed by atoms with Crippen molar-refractivity contribution in [1.29, 1.82) is 0 Å². The van der Waals surface area contributed by atoms with E-state index in [-0.39, 0.29) is 0 Å². The van der Waals surface area contributed by atoms with E-state index in [0.29, 0.717) is 0 Å². The summed E-state index contributed by atoms with van der Waals surface area (Å²) in [4.78, 5) is 0. The number of hydrogen-bond donors (Lipinski definition) is 1. The van der Waals surface area contributed by atoms with Gasteiger partial charge in [0.25, 0.3) is 0 Å². The first-order valence-electron chi connectivity index (χ1n) is 7.23. The maximum absolute atomic E-state index is 5.35. The zero-order valence-electron chi connectivity index (χ0n) is 11.4. The summed E-state index contributed by atoms with van der Waals surface area (Å²) in [5, 5.41) is 3.71. The fourth-order valence-electron chi connectivity index (χ4n) is 2.78. The summed E-state index contributed by atoms with van der Waals surface area (Å²) >= 11 is 2.00. The SMILES string of the molecule is CCCNC1CCCC1CCSCc1ccco1. The van der Waals surface area contributed by atoms with E-state index >= 15 is 0 Å². The minimum absolute atomic E-state index is 0.786. The van der Waals surface area contributed by atoms with Gasteiger partial charge in [0, 0.05) is 6.04 Å². The lowest BCUT2D eigenvalue weighted by Crippen LogP contribution is -2.33. The molecule has 102 valence electrons. The van der Waals surface area contributed by atoms with Gasteiger partial charge < -0.3 is 9.73 Å². The third-order valence-corrected chi connectivity index (χ3v) is 4.79. The lowest BCUT2D eigenvalue weighted by atomic mass is 10.0. The minimum Gasteiger partial charge on any atom is -0.468 e. The fourth-order valence-corrected chi connectivity index (χ4v) is 3.76. The molecule has 2 unspecified atom stereocenters. The van der Waals surface area contributed by atoms with Crippen molar-refractivity contribution in [2.45, 2.75) is 50.8 Å². The van der Waals surface area contributed by atoms with Crippen LogP contribution in [0.25, 0.3) is 0 Å². The number of hydrogen-bond acceptors (Lipinski definition) is 3. The first kappa shape index (κ1) is 14.0. The van der Waals surface area contributed by atoms with Crippen molar-refractivity contribution in [2.24, 2.45) is 5.92 Å². The number of nitrogens with one attached hydrogen (secondary N) is 1. The van der Waals surface area contributed by atoms with Crippen LogP contribution in [0, 0.1) is 5.92 Å². The molecule has 0 bridgehead atoms. The highest BCUT2D eigenvalue weighted by molar-refractivity contribution is 7.98. The van der Waals surface area contributed by atoms with E-state index < -0.39 is 0 Å². The Morgan fingerprint density at radius 2 is 2.39 bits per heavy atom. The van der Waals surface area contributed by atoms with E-state index in [4.69, 9.17) is 4.42 Å². The van der Waals surface area contributed by atoms with Crippen LogP contribution in [-0.4, -0.2) is 18.3 Å². The molecule has 2 nitrogen and oxygen atoms in total. The maximum Gasteiger partial charge on any atom is 0.113 e. The topological polar surface area (TPSA) is 25.2 Å². The van der Waals surface area contributed by atoms with Crippen LogP contribution in [0.15, 0.2) is 22.8 Å². The summed E-state index contributed by atoms with van der Waals surface area (Å²) in [5.41, 5.74) is 0. The van der Waals surface area contributed by atoms with Gasteiger partial charge in [0.15, 0.2) is 0 Å². The van der Waals surface area contributed by atoms with Gasteiger partial charge in [-0.05, 0) is 56.0 Å². The molecule has 0 aliphatic heterocycles. The largest absolute Gasteiger partial charge is 0.468 e. The Kier molecular flexibility index (Phi) is 6.15. The van der Waals surface area contributed by atoms with E-state index in [1.807, 2.05) is 17.8 Å². The van der Waals surface area contributed by atoms with E-state index in [0.717, 1.165) is 23.5 Å². The third-order valence-electron chi connectivity index (χ3n) is 3.77. The van der Waals surface area contributed by atoms with Crippen molar-refractivity contribution in [1.82, 2.24) is 5.32 Å². The van der Waals surface area contributed by atoms with Crippen LogP contribution < -0.4 is 5.32 Å². The second-order valence-electron chi connectivity index (χ2n) is 5.17. The molecule has 1 aromatic heterocycles. The van der Waals surface area contributed by atoms with Crippen LogP contribution in [0.1, 0.15) is 44.8 Å². The summed E-state index contributed by atoms with van der Waals surface area (Å²) in [6, 6.07) is 4.82. The Morgan fingerprint density at radius 1 is 1.44 bits per heavy atom. The highest BCUT2D eigenvalue weighted by Crippen LogP contribution is 2.30. The van der Waals surface area contributed by atoms with Crippen molar-refractivity contribution < 1.29 is 4.42 Å². The predicted octanol–water partition coefficient (Wildman–Crippen LogP) is 4.07. The molecule has 1 saturated carbocycles. The highest BCUT2D eigenvalue weighted by Gasteiger charge is 2.25. The standard InChI is InChI=1S/C15H25NOS/c1-2-9-16-15-7-3-5-13(15)8-11-18-12-14-6-4-10-17-14/h4,6,10,13,15-16H,2-3,5,7-9,11-12H2,1H3. The van der Waals surface area contributed by atoms with E-state index in [1.54, 1.807) is 6.26 Å². The van der Waals surface area contributed by atoms with Crippen molar-refractivity contribution in [3.8, 4) is 0 Å². The Hall–Kier alpha value is -0.410. The molecule has 18 heavy (non-hydrogen) atoms. The van der Waals surface area contributed by atoms with Crippen LogP contribution in [-0.2, 0) is 5.75 Å². The molecule has 1 aromatic rings. The van der Waals surface area contributed by atoms with Gasteiger partial charge in [0.05, 0.1) is 12.0 Å². The molecule has 1 aliphatic carbocycles. The molecule has 0 spiro atoms. The molecule has 0 aromatic carbocycles. The van der Waals surface area contributed by atoms with Crippen LogP contribution in [0.5, 0.6) is 0 Å². The molecular weight excluding hydrogens is 242 g/mol. The molecule has 1 N–H and O–H groups in total. The Morgan fingerprint density at radius 3 is 3.17 bits per heavy atom. The molecule has 1 heterocycles. The van der Waals surface area contributed by atoms with Gasteiger partial charge in [0.2, 0.25) is 0 Å². The lowest BCUT2D eigenvalue weighted by Gasteiger charge is -2.20. The number of thioether (sulfide) groups is 1. The molecule has 0 saturated heterocycles. The Labute approximate surface area is 115 Å². The minimum atomic E-state index is 0.786. The van der Waals surface area contributed by atoms with Crippen LogP contribution >= 0.6 is 11.8 Å². The summed E-state index contributed by atoms with van der Waals surface area (Å²) in [6.07, 6.45) is 8.58. The second-order valence-corrected chi connectivity index (χ2v) is 6.28. The maximum atomic E-state index is 5.35. The zero-order chi connectivity index (χ0) is 12.6. The molecule has 3 heteroatoms. The Bertz CT molecular complexity index is 312. The average molecular weight is 267 g/mol. The summed E-state index contributed by atoms with van der Waals surface area (Å²) in [7, 11) is 0.